The molecule has 0 atom stereocenters. The van der Waals surface area contributed by atoms with Crippen molar-refractivity contribution in [2.45, 2.75) is 6.54 Å². The molecule has 3 nitrogen and oxygen atoms in total. The summed E-state index contributed by atoms with van der Waals surface area (Å²) < 4.78 is 1.47. The molecule has 1 heterocycles. The Morgan fingerprint density at radius 3 is 2.75 bits per heavy atom. The van der Waals surface area contributed by atoms with E-state index in [2.05, 4.69) is 4.98 Å². The standard InChI is InChI=1S/C11H8Cl2N2O/c12-9-3-1-2-8(4-9)6-15-7-14-10(13)5-11(15)16/h1-5,7H,6H2. The normalized spacial score (nSPS) is 10.4. The molecule has 16 heavy (non-hydrogen) atoms. The Bertz CT molecular complexity index is 566. The molecule has 0 N–H and O–H groups in total. The second kappa shape index (κ2) is 4.68. The van der Waals surface area contributed by atoms with E-state index < -0.39 is 0 Å². The van der Waals surface area contributed by atoms with E-state index in [0.29, 0.717) is 11.6 Å². The molecule has 5 heteroatoms. The van der Waals surface area contributed by atoms with E-state index in [1.165, 1.54) is 17.0 Å². The molecule has 0 aliphatic rings. The third-order valence-electron chi connectivity index (χ3n) is 2.09. The van der Waals surface area contributed by atoms with Crippen molar-refractivity contribution in [2.75, 3.05) is 0 Å². The van der Waals surface area contributed by atoms with E-state index in [1.807, 2.05) is 18.2 Å². The highest BCUT2D eigenvalue weighted by molar-refractivity contribution is 6.30. The topological polar surface area (TPSA) is 34.9 Å². The van der Waals surface area contributed by atoms with Crippen molar-refractivity contribution in [3.8, 4) is 0 Å². The van der Waals surface area contributed by atoms with Gasteiger partial charge in [0.2, 0.25) is 0 Å². The fraction of sp³-hybridized carbons (Fsp3) is 0.0909. The Hall–Kier alpha value is -1.32. The van der Waals surface area contributed by atoms with Gasteiger partial charge in [0.1, 0.15) is 5.15 Å². The number of hydrogen-bond acceptors (Lipinski definition) is 2. The van der Waals surface area contributed by atoms with Crippen LogP contribution in [0.1, 0.15) is 5.56 Å². The highest BCUT2D eigenvalue weighted by atomic mass is 35.5. The van der Waals surface area contributed by atoms with Crippen molar-refractivity contribution < 1.29 is 0 Å². The summed E-state index contributed by atoms with van der Waals surface area (Å²) in [5, 5.41) is 0.847. The molecule has 1 aromatic carbocycles. The first-order valence-electron chi connectivity index (χ1n) is 4.61. The van der Waals surface area contributed by atoms with E-state index >= 15 is 0 Å². The van der Waals surface area contributed by atoms with Crippen LogP contribution in [-0.4, -0.2) is 9.55 Å². The van der Waals surface area contributed by atoms with E-state index in [-0.39, 0.29) is 10.7 Å². The van der Waals surface area contributed by atoms with Gasteiger partial charge in [-0.05, 0) is 17.7 Å². The van der Waals surface area contributed by atoms with Gasteiger partial charge in [-0.3, -0.25) is 9.36 Å². The van der Waals surface area contributed by atoms with Crippen LogP contribution in [0.2, 0.25) is 10.2 Å². The molecule has 0 aliphatic carbocycles. The lowest BCUT2D eigenvalue weighted by molar-refractivity contribution is 0.736. The summed E-state index contributed by atoms with van der Waals surface area (Å²) in [6.45, 7) is 0.434. The number of nitrogens with zero attached hydrogens (tertiary/aromatic N) is 2. The van der Waals surface area contributed by atoms with Crippen LogP contribution >= 0.6 is 23.2 Å². The summed E-state index contributed by atoms with van der Waals surface area (Å²) in [7, 11) is 0. The number of benzene rings is 1. The van der Waals surface area contributed by atoms with Crippen LogP contribution in [0.3, 0.4) is 0 Å². The summed E-state index contributed by atoms with van der Waals surface area (Å²) in [5.41, 5.74) is 0.763. The zero-order valence-electron chi connectivity index (χ0n) is 8.23. The smallest absolute Gasteiger partial charge is 0.255 e. The van der Waals surface area contributed by atoms with Crippen LogP contribution in [0.25, 0.3) is 0 Å². The van der Waals surface area contributed by atoms with Crippen molar-refractivity contribution in [1.29, 1.82) is 0 Å². The van der Waals surface area contributed by atoms with Crippen molar-refractivity contribution >= 4 is 23.2 Å². The van der Waals surface area contributed by atoms with Gasteiger partial charge in [0, 0.05) is 11.1 Å². The van der Waals surface area contributed by atoms with Crippen LogP contribution in [-0.2, 0) is 6.54 Å². The molecule has 0 bridgehead atoms. The first-order chi connectivity index (χ1) is 7.65. The van der Waals surface area contributed by atoms with Crippen LogP contribution in [0.15, 0.2) is 41.5 Å². The fourth-order valence-electron chi connectivity index (χ4n) is 1.35. The maximum absolute atomic E-state index is 11.5. The SMILES string of the molecule is O=c1cc(Cl)ncn1Cc1cccc(Cl)c1. The zero-order valence-corrected chi connectivity index (χ0v) is 9.74. The lowest BCUT2D eigenvalue weighted by atomic mass is 10.2. The number of aromatic nitrogens is 2. The van der Waals surface area contributed by atoms with Crippen LogP contribution in [0.4, 0.5) is 0 Å². The van der Waals surface area contributed by atoms with Crippen LogP contribution in [0.5, 0.6) is 0 Å². The molecular weight excluding hydrogens is 247 g/mol. The molecule has 0 radical (unpaired) electrons. The fourth-order valence-corrected chi connectivity index (χ4v) is 1.70. The lowest BCUT2D eigenvalue weighted by Crippen LogP contribution is -2.19. The number of rotatable bonds is 2. The summed E-state index contributed by atoms with van der Waals surface area (Å²) in [5.74, 6) is 0. The Labute approximate surface area is 102 Å². The molecular formula is C11H8Cl2N2O. The lowest BCUT2D eigenvalue weighted by Gasteiger charge is -2.05. The first kappa shape index (κ1) is 11.2. The molecule has 2 rings (SSSR count). The summed E-state index contributed by atoms with van der Waals surface area (Å²) in [4.78, 5) is 15.4. The third kappa shape index (κ3) is 2.62. The minimum atomic E-state index is -0.181. The number of hydrogen-bond donors (Lipinski definition) is 0. The van der Waals surface area contributed by atoms with Gasteiger partial charge in [0.25, 0.3) is 5.56 Å². The molecule has 0 unspecified atom stereocenters. The predicted molar refractivity (Wildman–Crippen MR) is 64.1 cm³/mol. The van der Waals surface area contributed by atoms with E-state index in [4.69, 9.17) is 23.2 Å². The summed E-state index contributed by atoms with van der Waals surface area (Å²) in [6.07, 6.45) is 1.42. The summed E-state index contributed by atoms with van der Waals surface area (Å²) in [6, 6.07) is 8.61. The average molecular weight is 255 g/mol. The first-order valence-corrected chi connectivity index (χ1v) is 5.37. The molecule has 82 valence electrons. The van der Waals surface area contributed by atoms with E-state index in [1.54, 1.807) is 6.07 Å². The van der Waals surface area contributed by atoms with E-state index in [0.717, 1.165) is 5.56 Å². The Balaban J connectivity index is 2.31. The predicted octanol–water partition coefficient (Wildman–Crippen LogP) is 2.60. The van der Waals surface area contributed by atoms with Crippen molar-refractivity contribution in [1.82, 2.24) is 9.55 Å². The van der Waals surface area contributed by atoms with Gasteiger partial charge in [-0.1, -0.05) is 35.3 Å². The second-order valence-corrected chi connectivity index (χ2v) is 4.13. The molecule has 0 spiro atoms. The molecule has 0 saturated heterocycles. The van der Waals surface area contributed by atoms with Gasteiger partial charge in [-0.25, -0.2) is 4.98 Å². The van der Waals surface area contributed by atoms with Gasteiger partial charge in [0.05, 0.1) is 12.9 Å². The Kier molecular flexibility index (Phi) is 3.27. The van der Waals surface area contributed by atoms with Gasteiger partial charge in [-0.2, -0.15) is 0 Å². The minimum absolute atomic E-state index is 0.181. The minimum Gasteiger partial charge on any atom is -0.295 e. The van der Waals surface area contributed by atoms with Gasteiger partial charge >= 0.3 is 0 Å². The maximum atomic E-state index is 11.5. The Morgan fingerprint density at radius 2 is 2.06 bits per heavy atom. The molecule has 0 aliphatic heterocycles. The quantitative estimate of drug-likeness (QED) is 0.773. The van der Waals surface area contributed by atoms with Gasteiger partial charge in [0.15, 0.2) is 0 Å². The van der Waals surface area contributed by atoms with Crippen LogP contribution in [0, 0.1) is 0 Å². The zero-order chi connectivity index (χ0) is 11.5. The van der Waals surface area contributed by atoms with Gasteiger partial charge < -0.3 is 0 Å². The monoisotopic (exact) mass is 254 g/mol. The van der Waals surface area contributed by atoms with Crippen molar-refractivity contribution in [3.05, 3.63) is 62.8 Å². The summed E-state index contributed by atoms with van der Waals surface area (Å²) >= 11 is 11.5. The third-order valence-corrected chi connectivity index (χ3v) is 2.53. The largest absolute Gasteiger partial charge is 0.295 e. The van der Waals surface area contributed by atoms with Gasteiger partial charge in [-0.15, -0.1) is 0 Å². The Morgan fingerprint density at radius 1 is 1.25 bits per heavy atom. The highest BCUT2D eigenvalue weighted by Gasteiger charge is 2.00. The van der Waals surface area contributed by atoms with Crippen molar-refractivity contribution in [2.24, 2.45) is 0 Å². The number of halogens is 2. The molecule has 0 saturated carbocycles. The molecule has 0 fully saturated rings. The van der Waals surface area contributed by atoms with Crippen LogP contribution < -0.4 is 5.56 Å². The maximum Gasteiger partial charge on any atom is 0.255 e. The van der Waals surface area contributed by atoms with Crippen molar-refractivity contribution in [3.63, 3.8) is 0 Å². The molecule has 0 amide bonds. The molecule has 1 aromatic heterocycles. The highest BCUT2D eigenvalue weighted by Crippen LogP contribution is 2.11. The average Bonchev–Trinajstić information content (AvgIpc) is 2.22. The second-order valence-electron chi connectivity index (χ2n) is 3.31. The van der Waals surface area contributed by atoms with E-state index in [9.17, 15) is 4.79 Å². The molecule has 2 aromatic rings.